The molecule has 0 spiro atoms. The Morgan fingerprint density at radius 1 is 1.14 bits per heavy atom. The number of methoxy groups -OCH3 is 1. The fraction of sp³-hybridized carbons (Fsp3) is 0.389. The molecule has 0 radical (unpaired) electrons. The van der Waals surface area contributed by atoms with Crippen molar-refractivity contribution in [1.82, 2.24) is 4.90 Å². The zero-order valence-corrected chi connectivity index (χ0v) is 12.6. The van der Waals surface area contributed by atoms with Gasteiger partial charge in [0.2, 0.25) is 0 Å². The number of nitrogens with one attached hydrogen (secondary N) is 1. The summed E-state index contributed by atoms with van der Waals surface area (Å²) in [5.74, 6) is 1.62. The highest BCUT2D eigenvalue weighted by atomic mass is 16.5. The Labute approximate surface area is 126 Å². The van der Waals surface area contributed by atoms with E-state index in [4.69, 9.17) is 10.1 Å². The van der Waals surface area contributed by atoms with Crippen LogP contribution in [0, 0.1) is 5.41 Å². The molecule has 110 valence electrons. The lowest BCUT2D eigenvalue weighted by atomic mass is 10.0. The van der Waals surface area contributed by atoms with E-state index in [9.17, 15) is 0 Å². The SMILES string of the molecule is COc1ccc2cccc(CC(=N)N3CCCCC3)c2c1. The van der Waals surface area contributed by atoms with Gasteiger partial charge >= 0.3 is 0 Å². The summed E-state index contributed by atoms with van der Waals surface area (Å²) >= 11 is 0. The molecular formula is C18H22N2O. The second kappa shape index (κ2) is 6.17. The molecule has 0 saturated carbocycles. The third kappa shape index (κ3) is 3.02. The van der Waals surface area contributed by atoms with Crippen molar-refractivity contribution in [3.8, 4) is 5.75 Å². The second-order valence-electron chi connectivity index (χ2n) is 5.68. The number of likely N-dealkylation sites (tertiary alicyclic amines) is 1. The summed E-state index contributed by atoms with van der Waals surface area (Å²) < 4.78 is 5.33. The summed E-state index contributed by atoms with van der Waals surface area (Å²) in [4.78, 5) is 2.22. The van der Waals surface area contributed by atoms with Crippen LogP contribution in [0.25, 0.3) is 10.8 Å². The molecule has 0 atom stereocenters. The van der Waals surface area contributed by atoms with Gasteiger partial charge in [-0.25, -0.2) is 0 Å². The van der Waals surface area contributed by atoms with Gasteiger partial charge < -0.3 is 9.64 Å². The van der Waals surface area contributed by atoms with E-state index in [2.05, 4.69) is 35.2 Å². The van der Waals surface area contributed by atoms with Crippen molar-refractivity contribution in [3.05, 3.63) is 42.0 Å². The summed E-state index contributed by atoms with van der Waals surface area (Å²) in [6.07, 6.45) is 4.43. The largest absolute Gasteiger partial charge is 0.497 e. The molecule has 1 fully saturated rings. The standard InChI is InChI=1S/C18H22N2O/c1-21-16-9-8-14-6-5-7-15(17(14)13-16)12-18(19)20-10-3-2-4-11-20/h5-9,13,19H,2-4,10-12H2,1H3. The molecule has 2 aromatic carbocycles. The number of hydrogen-bond donors (Lipinski definition) is 1. The number of hydrogen-bond acceptors (Lipinski definition) is 2. The van der Waals surface area contributed by atoms with Crippen LogP contribution >= 0.6 is 0 Å². The number of ether oxygens (including phenoxy) is 1. The smallest absolute Gasteiger partial charge is 0.119 e. The Kier molecular flexibility index (Phi) is 4.09. The molecule has 0 aromatic heterocycles. The first kappa shape index (κ1) is 13.9. The lowest BCUT2D eigenvalue weighted by molar-refractivity contribution is 0.336. The number of fused-ring (bicyclic) bond motifs is 1. The van der Waals surface area contributed by atoms with Crippen molar-refractivity contribution in [2.45, 2.75) is 25.7 Å². The first-order valence-electron chi connectivity index (χ1n) is 7.66. The van der Waals surface area contributed by atoms with E-state index >= 15 is 0 Å². The van der Waals surface area contributed by atoms with E-state index in [-0.39, 0.29) is 0 Å². The topological polar surface area (TPSA) is 36.3 Å². The van der Waals surface area contributed by atoms with Crippen molar-refractivity contribution in [2.24, 2.45) is 0 Å². The van der Waals surface area contributed by atoms with E-state index in [0.717, 1.165) is 24.7 Å². The van der Waals surface area contributed by atoms with Crippen molar-refractivity contribution >= 4 is 16.6 Å². The fourth-order valence-electron chi connectivity index (χ4n) is 3.05. The summed E-state index contributed by atoms with van der Waals surface area (Å²) in [6, 6.07) is 12.5. The average molecular weight is 282 g/mol. The molecule has 0 amide bonds. The molecular weight excluding hydrogens is 260 g/mol. The van der Waals surface area contributed by atoms with E-state index in [1.165, 1.54) is 35.6 Å². The van der Waals surface area contributed by atoms with Crippen molar-refractivity contribution < 1.29 is 4.74 Å². The molecule has 1 aliphatic rings. The minimum atomic E-state index is 0.699. The quantitative estimate of drug-likeness (QED) is 0.685. The third-order valence-electron chi connectivity index (χ3n) is 4.28. The highest BCUT2D eigenvalue weighted by Crippen LogP contribution is 2.25. The summed E-state index contributed by atoms with van der Waals surface area (Å²) in [5.41, 5.74) is 1.21. The summed E-state index contributed by atoms with van der Waals surface area (Å²) in [6.45, 7) is 2.07. The molecule has 3 heteroatoms. The molecule has 1 N–H and O–H groups in total. The minimum absolute atomic E-state index is 0.699. The highest BCUT2D eigenvalue weighted by molar-refractivity contribution is 5.92. The van der Waals surface area contributed by atoms with E-state index in [1.54, 1.807) is 7.11 Å². The molecule has 1 saturated heterocycles. The van der Waals surface area contributed by atoms with Gasteiger partial charge in [0.15, 0.2) is 0 Å². The Bertz CT molecular complexity index is 645. The number of amidine groups is 1. The molecule has 1 heterocycles. The van der Waals surface area contributed by atoms with Gasteiger partial charge in [0.05, 0.1) is 7.11 Å². The number of piperidine rings is 1. The number of benzene rings is 2. The van der Waals surface area contributed by atoms with Crippen LogP contribution < -0.4 is 4.74 Å². The minimum Gasteiger partial charge on any atom is -0.497 e. The lowest BCUT2D eigenvalue weighted by Crippen LogP contribution is -2.36. The van der Waals surface area contributed by atoms with Crippen LogP contribution in [0.3, 0.4) is 0 Å². The molecule has 0 aliphatic carbocycles. The Morgan fingerprint density at radius 2 is 1.95 bits per heavy atom. The van der Waals surface area contributed by atoms with Gasteiger partial charge in [-0.2, -0.15) is 0 Å². The zero-order chi connectivity index (χ0) is 14.7. The van der Waals surface area contributed by atoms with Crippen molar-refractivity contribution in [3.63, 3.8) is 0 Å². The molecule has 3 nitrogen and oxygen atoms in total. The maximum Gasteiger partial charge on any atom is 0.119 e. The third-order valence-corrected chi connectivity index (χ3v) is 4.28. The van der Waals surface area contributed by atoms with Crippen LogP contribution in [0.2, 0.25) is 0 Å². The van der Waals surface area contributed by atoms with Gasteiger partial charge in [-0.1, -0.05) is 24.3 Å². The molecule has 1 aliphatic heterocycles. The average Bonchev–Trinajstić information content (AvgIpc) is 2.55. The Balaban J connectivity index is 1.87. The molecule has 21 heavy (non-hydrogen) atoms. The first-order valence-corrected chi connectivity index (χ1v) is 7.66. The molecule has 0 bridgehead atoms. The molecule has 2 aromatic rings. The van der Waals surface area contributed by atoms with Crippen molar-refractivity contribution in [1.29, 1.82) is 5.41 Å². The maximum atomic E-state index is 8.39. The summed E-state index contributed by atoms with van der Waals surface area (Å²) in [7, 11) is 1.69. The van der Waals surface area contributed by atoms with Crippen molar-refractivity contribution in [2.75, 3.05) is 20.2 Å². The van der Waals surface area contributed by atoms with Crippen LogP contribution in [0.5, 0.6) is 5.75 Å². The van der Waals surface area contributed by atoms with Crippen LogP contribution in [0.1, 0.15) is 24.8 Å². The molecule has 0 unspecified atom stereocenters. The fourth-order valence-corrected chi connectivity index (χ4v) is 3.05. The predicted molar refractivity (Wildman–Crippen MR) is 87.4 cm³/mol. The van der Waals surface area contributed by atoms with E-state index < -0.39 is 0 Å². The van der Waals surface area contributed by atoms with Gasteiger partial charge in [-0.3, -0.25) is 5.41 Å². The van der Waals surface area contributed by atoms with Crippen LogP contribution in [0.15, 0.2) is 36.4 Å². The van der Waals surface area contributed by atoms with Crippen LogP contribution in [-0.4, -0.2) is 30.9 Å². The molecule has 3 rings (SSSR count). The van der Waals surface area contributed by atoms with Crippen LogP contribution in [0.4, 0.5) is 0 Å². The summed E-state index contributed by atoms with van der Waals surface area (Å²) in [5, 5.41) is 10.8. The monoisotopic (exact) mass is 282 g/mol. The number of nitrogens with zero attached hydrogens (tertiary/aromatic N) is 1. The van der Waals surface area contributed by atoms with Gasteiger partial charge in [0, 0.05) is 19.5 Å². The zero-order valence-electron chi connectivity index (χ0n) is 12.6. The Hall–Kier alpha value is -2.03. The van der Waals surface area contributed by atoms with Crippen LogP contribution in [-0.2, 0) is 6.42 Å². The number of rotatable bonds is 3. The lowest BCUT2D eigenvalue weighted by Gasteiger charge is -2.29. The van der Waals surface area contributed by atoms with Gasteiger partial charge in [0.1, 0.15) is 11.6 Å². The van der Waals surface area contributed by atoms with Gasteiger partial charge in [0.25, 0.3) is 0 Å². The first-order chi connectivity index (χ1) is 10.3. The van der Waals surface area contributed by atoms with E-state index in [1.807, 2.05) is 6.07 Å². The normalized spacial score (nSPS) is 15.2. The van der Waals surface area contributed by atoms with Gasteiger partial charge in [-0.05, 0) is 47.7 Å². The highest BCUT2D eigenvalue weighted by Gasteiger charge is 2.14. The second-order valence-corrected chi connectivity index (χ2v) is 5.68. The Morgan fingerprint density at radius 3 is 2.71 bits per heavy atom. The predicted octanol–water partition coefficient (Wildman–Crippen LogP) is 3.85. The maximum absolute atomic E-state index is 8.39. The van der Waals surface area contributed by atoms with E-state index in [0.29, 0.717) is 6.42 Å². The van der Waals surface area contributed by atoms with Gasteiger partial charge in [-0.15, -0.1) is 0 Å².